The van der Waals surface area contributed by atoms with Gasteiger partial charge in [0.05, 0.1) is 12.4 Å². The molecule has 0 fully saturated rings. The Morgan fingerprint density at radius 2 is 1.70 bits per heavy atom. The minimum absolute atomic E-state index is 0.131. The number of alkyl halides is 3. The van der Waals surface area contributed by atoms with Gasteiger partial charge in [0.2, 0.25) is 0 Å². The van der Waals surface area contributed by atoms with Crippen LogP contribution in [0, 0.1) is 0 Å². The zero-order valence-electron chi connectivity index (χ0n) is 21.6. The van der Waals surface area contributed by atoms with Gasteiger partial charge in [0.15, 0.2) is 5.60 Å². The van der Waals surface area contributed by atoms with Crippen LogP contribution in [0.3, 0.4) is 0 Å². The number of benzene rings is 1. The van der Waals surface area contributed by atoms with E-state index in [-0.39, 0.29) is 12.2 Å². The predicted octanol–water partition coefficient (Wildman–Crippen LogP) is 4.39. The molecule has 0 aromatic heterocycles. The normalized spacial score (nSPS) is 19.4. The monoisotopic (exact) mass is 550 g/mol. The van der Waals surface area contributed by atoms with Gasteiger partial charge in [-0.3, -0.25) is 0 Å². The molecule has 208 valence electrons. The number of hydrogen-bond acceptors (Lipinski definition) is 7. The summed E-state index contributed by atoms with van der Waals surface area (Å²) in [5.74, 6) is -1.83. The van der Waals surface area contributed by atoms with Gasteiger partial charge in [-0.1, -0.05) is 24.3 Å². The van der Waals surface area contributed by atoms with Crippen LogP contribution in [0.5, 0.6) is 0 Å². The summed E-state index contributed by atoms with van der Waals surface area (Å²) in [5.41, 5.74) is -4.35. The minimum atomic E-state index is -4.86. The number of carbonyl (C=O) groups excluding carboxylic acids is 2. The van der Waals surface area contributed by atoms with Crippen LogP contribution in [0.25, 0.3) is 0 Å². The predicted molar refractivity (Wildman–Crippen MR) is 129 cm³/mol. The Morgan fingerprint density at radius 3 is 2.27 bits per heavy atom. The molecule has 0 spiro atoms. The summed E-state index contributed by atoms with van der Waals surface area (Å²) in [5, 5.41) is 2.31. The molecule has 1 aromatic rings. The maximum Gasteiger partial charge on any atom is 0.421 e. The van der Waals surface area contributed by atoms with E-state index in [0.29, 0.717) is 5.56 Å². The number of rotatable bonds is 8. The van der Waals surface area contributed by atoms with Gasteiger partial charge in [0.25, 0.3) is 10.0 Å². The van der Waals surface area contributed by atoms with E-state index in [4.69, 9.17) is 14.2 Å². The summed E-state index contributed by atoms with van der Waals surface area (Å²) in [6, 6.07) is 4.40. The van der Waals surface area contributed by atoms with Gasteiger partial charge in [-0.15, -0.1) is 0 Å². The van der Waals surface area contributed by atoms with E-state index in [1.807, 2.05) is 0 Å². The summed E-state index contributed by atoms with van der Waals surface area (Å²) in [6.07, 6.45) is -6.28. The number of halogens is 3. The number of nitrogens with one attached hydrogen (secondary N) is 1. The third kappa shape index (κ3) is 8.70. The van der Waals surface area contributed by atoms with Gasteiger partial charge in [0, 0.05) is 19.1 Å². The van der Waals surface area contributed by atoms with Crippen LogP contribution < -0.4 is 5.32 Å². The third-order valence-corrected chi connectivity index (χ3v) is 6.25. The first-order valence-corrected chi connectivity index (χ1v) is 13.1. The average molecular weight is 551 g/mol. The maximum atomic E-state index is 14.0. The largest absolute Gasteiger partial charge is 0.458 e. The van der Waals surface area contributed by atoms with E-state index in [0.717, 1.165) is 6.21 Å². The molecule has 1 unspecified atom stereocenters. The molecule has 2 atom stereocenters. The Morgan fingerprint density at radius 1 is 1.11 bits per heavy atom. The van der Waals surface area contributed by atoms with Crippen LogP contribution in [0.15, 0.2) is 28.7 Å². The Kier molecular flexibility index (Phi) is 9.07. The molecule has 1 aliphatic rings. The standard InChI is InChI=1S/C24H33F3N2O7S/c1-21(2,3)35-19(30)18(29-20(31)36-22(4,5)6)11-13-28-37(32,33)14-12-23(24(25,26)27)17-10-8-7-9-16(17)15-34-23/h7-10,13,18H,11-12,14-15H2,1-6H3,(H,29,31)/t18-,23?/m0/s1. The molecule has 9 nitrogen and oxygen atoms in total. The smallest absolute Gasteiger partial charge is 0.421 e. The number of nitrogens with zero attached hydrogens (tertiary/aromatic N) is 1. The van der Waals surface area contributed by atoms with Crippen molar-refractivity contribution in [1.82, 2.24) is 5.32 Å². The molecule has 0 bridgehead atoms. The SMILES string of the molecule is CC(C)(C)OC(=O)N[C@@H](CC=NS(=O)(=O)CCC1(C(F)(F)F)OCc2ccccc21)C(=O)OC(C)(C)C. The van der Waals surface area contributed by atoms with Crippen LogP contribution >= 0.6 is 0 Å². The Balaban J connectivity index is 2.16. The fraction of sp³-hybridized carbons (Fsp3) is 0.625. The average Bonchev–Trinajstić information content (AvgIpc) is 3.09. The zero-order valence-corrected chi connectivity index (χ0v) is 22.5. The maximum absolute atomic E-state index is 14.0. The topological polar surface area (TPSA) is 120 Å². The summed E-state index contributed by atoms with van der Waals surface area (Å²) in [4.78, 5) is 24.7. The van der Waals surface area contributed by atoms with E-state index in [2.05, 4.69) is 9.71 Å². The second-order valence-electron chi connectivity index (χ2n) is 10.6. The van der Waals surface area contributed by atoms with Crippen molar-refractivity contribution in [3.05, 3.63) is 35.4 Å². The number of ether oxygens (including phenoxy) is 3. The van der Waals surface area contributed by atoms with Crippen molar-refractivity contribution < 1.29 is 45.4 Å². The van der Waals surface area contributed by atoms with Gasteiger partial charge in [-0.05, 0) is 52.7 Å². The van der Waals surface area contributed by atoms with E-state index < -0.39 is 69.7 Å². The van der Waals surface area contributed by atoms with Gasteiger partial charge < -0.3 is 19.5 Å². The molecule has 37 heavy (non-hydrogen) atoms. The number of esters is 1. The number of hydrogen-bond donors (Lipinski definition) is 1. The molecule has 0 saturated heterocycles. The lowest BCUT2D eigenvalue weighted by Crippen LogP contribution is -2.46. The molecule has 0 saturated carbocycles. The summed E-state index contributed by atoms with van der Waals surface area (Å²) in [7, 11) is -4.39. The van der Waals surface area contributed by atoms with Crippen molar-refractivity contribution in [3.8, 4) is 0 Å². The zero-order chi connectivity index (χ0) is 28.3. The molecule has 13 heteroatoms. The van der Waals surface area contributed by atoms with E-state index in [1.54, 1.807) is 47.6 Å². The van der Waals surface area contributed by atoms with Gasteiger partial charge in [0.1, 0.15) is 17.2 Å². The minimum Gasteiger partial charge on any atom is -0.458 e. The highest BCUT2D eigenvalue weighted by Crippen LogP contribution is 2.50. The summed E-state index contributed by atoms with van der Waals surface area (Å²) < 4.78 is 86.0. The van der Waals surface area contributed by atoms with Gasteiger partial charge in [-0.2, -0.15) is 17.6 Å². The van der Waals surface area contributed by atoms with Crippen LogP contribution in [0.1, 0.15) is 65.5 Å². The summed E-state index contributed by atoms with van der Waals surface area (Å²) in [6.45, 7) is 9.36. The molecule has 1 heterocycles. The highest BCUT2D eigenvalue weighted by molar-refractivity contribution is 7.90. The van der Waals surface area contributed by atoms with E-state index in [9.17, 15) is 31.2 Å². The molecule has 1 aliphatic heterocycles. The van der Waals surface area contributed by atoms with Crippen molar-refractivity contribution in [2.45, 2.75) is 90.0 Å². The number of amides is 1. The van der Waals surface area contributed by atoms with Crippen molar-refractivity contribution in [1.29, 1.82) is 0 Å². The van der Waals surface area contributed by atoms with Crippen molar-refractivity contribution in [2.75, 3.05) is 5.75 Å². The number of carbonyl (C=O) groups is 2. The highest BCUT2D eigenvalue weighted by atomic mass is 32.2. The first-order valence-electron chi connectivity index (χ1n) is 11.5. The second kappa shape index (κ2) is 11.0. The lowest BCUT2D eigenvalue weighted by molar-refractivity contribution is -0.281. The van der Waals surface area contributed by atoms with Gasteiger partial charge in [-0.25, -0.2) is 18.0 Å². The Hall–Kier alpha value is -2.67. The fourth-order valence-corrected chi connectivity index (χ4v) is 4.49. The third-order valence-electron chi connectivity index (χ3n) is 5.06. The first-order chi connectivity index (χ1) is 16.7. The molecule has 0 aliphatic carbocycles. The van der Waals surface area contributed by atoms with Crippen molar-refractivity contribution in [2.24, 2.45) is 4.40 Å². The van der Waals surface area contributed by atoms with Crippen LogP contribution in [0.2, 0.25) is 0 Å². The molecule has 1 N–H and O–H groups in total. The molecular formula is C24H33F3N2O7S. The molecule has 2 rings (SSSR count). The number of alkyl carbamates (subject to hydrolysis) is 1. The quantitative estimate of drug-likeness (QED) is 0.377. The molecule has 1 amide bonds. The van der Waals surface area contributed by atoms with Crippen molar-refractivity contribution >= 4 is 28.3 Å². The Labute approximate surface area is 214 Å². The first kappa shape index (κ1) is 30.6. The Bertz CT molecular complexity index is 1120. The van der Waals surface area contributed by atoms with Gasteiger partial charge >= 0.3 is 18.2 Å². The van der Waals surface area contributed by atoms with Crippen LogP contribution in [-0.2, 0) is 41.2 Å². The summed E-state index contributed by atoms with van der Waals surface area (Å²) >= 11 is 0. The lowest BCUT2D eigenvalue weighted by atomic mass is 9.89. The number of fused-ring (bicyclic) bond motifs is 1. The van der Waals surface area contributed by atoms with Crippen molar-refractivity contribution in [3.63, 3.8) is 0 Å². The highest BCUT2D eigenvalue weighted by Gasteiger charge is 2.60. The van der Waals surface area contributed by atoms with Crippen LogP contribution in [-0.4, -0.2) is 55.9 Å². The molecule has 0 radical (unpaired) electrons. The fourth-order valence-electron chi connectivity index (χ4n) is 3.53. The molecule has 1 aromatic carbocycles. The molecular weight excluding hydrogens is 517 g/mol. The lowest BCUT2D eigenvalue weighted by Gasteiger charge is -2.31. The van der Waals surface area contributed by atoms with E-state index in [1.165, 1.54) is 18.2 Å². The second-order valence-corrected chi connectivity index (χ2v) is 12.3. The number of sulfonamides is 1. The van der Waals surface area contributed by atoms with E-state index >= 15 is 0 Å². The van der Waals surface area contributed by atoms with Crippen LogP contribution in [0.4, 0.5) is 18.0 Å².